The van der Waals surface area contributed by atoms with E-state index < -0.39 is 5.91 Å². The minimum absolute atomic E-state index is 0.133. The van der Waals surface area contributed by atoms with Gasteiger partial charge in [0, 0.05) is 13.1 Å². The molecule has 1 aromatic rings. The third-order valence-corrected chi connectivity index (χ3v) is 3.60. The molecule has 0 aliphatic rings. The first-order valence-corrected chi connectivity index (χ1v) is 8.97. The molecule has 0 bridgehead atoms. The molecule has 1 N–H and O–H groups in total. The van der Waals surface area contributed by atoms with Gasteiger partial charge in [-0.1, -0.05) is 6.92 Å². The van der Waals surface area contributed by atoms with Crippen LogP contribution in [-0.2, 0) is 19.1 Å². The average Bonchev–Trinajstić information content (AvgIpc) is 2.68. The Hall–Kier alpha value is -2.77. The van der Waals surface area contributed by atoms with Crippen molar-refractivity contribution in [2.24, 2.45) is 0 Å². The summed E-state index contributed by atoms with van der Waals surface area (Å²) in [5, 5.41) is 2.53. The predicted octanol–water partition coefficient (Wildman–Crippen LogP) is 1.38. The van der Waals surface area contributed by atoms with Crippen molar-refractivity contribution < 1.29 is 28.6 Å². The van der Waals surface area contributed by atoms with Gasteiger partial charge in [0.25, 0.3) is 5.91 Å². The minimum atomic E-state index is -0.402. The fraction of sp³-hybridized carbons (Fsp3) is 0.526. The van der Waals surface area contributed by atoms with Crippen molar-refractivity contribution in [3.8, 4) is 11.5 Å². The highest BCUT2D eigenvalue weighted by Gasteiger charge is 2.15. The topological polar surface area (TPSA) is 94.2 Å². The molecule has 0 heterocycles. The predicted molar refractivity (Wildman–Crippen MR) is 99.6 cm³/mol. The fourth-order valence-corrected chi connectivity index (χ4v) is 2.25. The van der Waals surface area contributed by atoms with Crippen LogP contribution in [0.5, 0.6) is 11.5 Å². The van der Waals surface area contributed by atoms with Gasteiger partial charge < -0.3 is 24.4 Å². The molecule has 1 rings (SSSR count). The van der Waals surface area contributed by atoms with Gasteiger partial charge in [0.05, 0.1) is 26.7 Å². The van der Waals surface area contributed by atoms with Crippen molar-refractivity contribution in [1.82, 2.24) is 10.2 Å². The normalized spacial score (nSPS) is 10.0. The zero-order chi connectivity index (χ0) is 20.1. The minimum Gasteiger partial charge on any atom is -0.497 e. The SMILES string of the molecule is CCCN(CCC(=O)OCC)C(=O)CNC(=O)COc1ccc(OC)cc1. The van der Waals surface area contributed by atoms with Gasteiger partial charge in [-0.2, -0.15) is 0 Å². The molecule has 8 heteroatoms. The quantitative estimate of drug-likeness (QED) is 0.551. The summed E-state index contributed by atoms with van der Waals surface area (Å²) in [4.78, 5) is 37.1. The molecule has 0 spiro atoms. The number of nitrogens with zero attached hydrogens (tertiary/aromatic N) is 1. The molecule has 150 valence electrons. The van der Waals surface area contributed by atoms with E-state index >= 15 is 0 Å². The van der Waals surface area contributed by atoms with Crippen molar-refractivity contribution >= 4 is 17.8 Å². The zero-order valence-corrected chi connectivity index (χ0v) is 16.2. The maximum Gasteiger partial charge on any atom is 0.307 e. The molecule has 0 saturated heterocycles. The molecule has 8 nitrogen and oxygen atoms in total. The standard InChI is InChI=1S/C19H28N2O6/c1-4-11-21(12-10-19(24)26-5-2)18(23)13-20-17(22)14-27-16-8-6-15(25-3)7-9-16/h6-9H,4-5,10-14H2,1-3H3,(H,20,22). The van der Waals surface area contributed by atoms with Crippen LogP contribution in [0.25, 0.3) is 0 Å². The molecule has 0 aliphatic carbocycles. The number of carbonyl (C=O) groups excluding carboxylic acids is 3. The lowest BCUT2D eigenvalue weighted by Crippen LogP contribution is -2.42. The van der Waals surface area contributed by atoms with E-state index in [1.54, 1.807) is 43.2 Å². The molecule has 0 aliphatic heterocycles. The zero-order valence-electron chi connectivity index (χ0n) is 16.2. The third kappa shape index (κ3) is 8.94. The number of methoxy groups -OCH3 is 1. The van der Waals surface area contributed by atoms with E-state index in [-0.39, 0.29) is 38.0 Å². The largest absolute Gasteiger partial charge is 0.497 e. The second-order valence-corrected chi connectivity index (χ2v) is 5.68. The van der Waals surface area contributed by atoms with Gasteiger partial charge in [-0.25, -0.2) is 0 Å². The molecule has 2 amide bonds. The summed E-state index contributed by atoms with van der Waals surface area (Å²) in [7, 11) is 1.56. The fourth-order valence-electron chi connectivity index (χ4n) is 2.25. The molecule has 0 aromatic heterocycles. The first-order chi connectivity index (χ1) is 13.0. The third-order valence-electron chi connectivity index (χ3n) is 3.60. The number of carbonyl (C=O) groups is 3. The van der Waals surface area contributed by atoms with Gasteiger partial charge in [-0.3, -0.25) is 14.4 Å². The van der Waals surface area contributed by atoms with Crippen LogP contribution in [0.15, 0.2) is 24.3 Å². The second-order valence-electron chi connectivity index (χ2n) is 5.68. The Labute approximate surface area is 159 Å². The Bertz CT molecular complexity index is 603. The highest BCUT2D eigenvalue weighted by atomic mass is 16.5. The molecule has 1 aromatic carbocycles. The highest BCUT2D eigenvalue weighted by Crippen LogP contribution is 2.16. The van der Waals surface area contributed by atoms with Crippen LogP contribution in [0.4, 0.5) is 0 Å². The van der Waals surface area contributed by atoms with Gasteiger partial charge in [0.1, 0.15) is 11.5 Å². The first-order valence-electron chi connectivity index (χ1n) is 8.97. The van der Waals surface area contributed by atoms with Crippen molar-refractivity contribution in [2.45, 2.75) is 26.7 Å². The lowest BCUT2D eigenvalue weighted by atomic mass is 10.3. The number of amides is 2. The maximum absolute atomic E-state index is 12.3. The Balaban J connectivity index is 2.37. The van der Waals surface area contributed by atoms with Crippen LogP contribution < -0.4 is 14.8 Å². The van der Waals surface area contributed by atoms with E-state index in [1.807, 2.05) is 6.92 Å². The van der Waals surface area contributed by atoms with E-state index in [2.05, 4.69) is 5.32 Å². The van der Waals surface area contributed by atoms with E-state index in [0.29, 0.717) is 24.7 Å². The summed E-state index contributed by atoms with van der Waals surface area (Å²) in [6.07, 6.45) is 0.886. The number of ether oxygens (including phenoxy) is 3. The van der Waals surface area contributed by atoms with Crippen LogP contribution in [0.2, 0.25) is 0 Å². The van der Waals surface area contributed by atoms with Crippen LogP contribution >= 0.6 is 0 Å². The van der Waals surface area contributed by atoms with E-state index in [9.17, 15) is 14.4 Å². The molecule has 0 saturated carbocycles. The lowest BCUT2D eigenvalue weighted by Gasteiger charge is -2.22. The number of nitrogens with one attached hydrogen (secondary N) is 1. The van der Waals surface area contributed by atoms with Gasteiger partial charge in [0.2, 0.25) is 5.91 Å². The molecule has 0 fully saturated rings. The molecular formula is C19H28N2O6. The lowest BCUT2D eigenvalue weighted by molar-refractivity contribution is -0.144. The second kappa shape index (κ2) is 12.6. The molecule has 0 radical (unpaired) electrons. The summed E-state index contributed by atoms with van der Waals surface area (Å²) < 4.78 is 15.3. The molecule has 0 atom stereocenters. The summed E-state index contributed by atoms with van der Waals surface area (Å²) in [5.41, 5.74) is 0. The van der Waals surface area contributed by atoms with Gasteiger partial charge in [-0.15, -0.1) is 0 Å². The van der Waals surface area contributed by atoms with Gasteiger partial charge >= 0.3 is 5.97 Å². The van der Waals surface area contributed by atoms with Crippen molar-refractivity contribution in [1.29, 1.82) is 0 Å². The summed E-state index contributed by atoms with van der Waals surface area (Å²) >= 11 is 0. The Morgan fingerprint density at radius 1 is 1.04 bits per heavy atom. The number of esters is 1. The van der Waals surface area contributed by atoms with E-state index in [4.69, 9.17) is 14.2 Å². The summed E-state index contributed by atoms with van der Waals surface area (Å²) in [6.45, 7) is 4.41. The number of hydrogen-bond donors (Lipinski definition) is 1. The molecule has 27 heavy (non-hydrogen) atoms. The van der Waals surface area contributed by atoms with Crippen LogP contribution in [-0.4, -0.2) is 62.6 Å². The maximum atomic E-state index is 12.3. The Morgan fingerprint density at radius 3 is 2.30 bits per heavy atom. The Morgan fingerprint density at radius 2 is 1.70 bits per heavy atom. The molecular weight excluding hydrogens is 352 g/mol. The summed E-state index contributed by atoms with van der Waals surface area (Å²) in [6, 6.07) is 6.83. The first kappa shape index (κ1) is 22.3. The molecule has 0 unspecified atom stereocenters. The number of hydrogen-bond acceptors (Lipinski definition) is 6. The van der Waals surface area contributed by atoms with Crippen LogP contribution in [0, 0.1) is 0 Å². The summed E-state index contributed by atoms with van der Waals surface area (Å²) in [5.74, 6) is 0.221. The van der Waals surface area contributed by atoms with E-state index in [1.165, 1.54) is 0 Å². The van der Waals surface area contributed by atoms with Crippen molar-refractivity contribution in [3.63, 3.8) is 0 Å². The number of rotatable bonds is 12. The van der Waals surface area contributed by atoms with Crippen molar-refractivity contribution in [2.75, 3.05) is 40.0 Å². The van der Waals surface area contributed by atoms with Gasteiger partial charge in [-0.05, 0) is 37.6 Å². The number of benzene rings is 1. The Kier molecular flexibility index (Phi) is 10.4. The van der Waals surface area contributed by atoms with Crippen molar-refractivity contribution in [3.05, 3.63) is 24.3 Å². The smallest absolute Gasteiger partial charge is 0.307 e. The van der Waals surface area contributed by atoms with Crippen LogP contribution in [0.1, 0.15) is 26.7 Å². The van der Waals surface area contributed by atoms with E-state index in [0.717, 1.165) is 6.42 Å². The van der Waals surface area contributed by atoms with Crippen LogP contribution in [0.3, 0.4) is 0 Å². The van der Waals surface area contributed by atoms with Gasteiger partial charge in [0.15, 0.2) is 6.61 Å². The monoisotopic (exact) mass is 380 g/mol. The average molecular weight is 380 g/mol. The highest BCUT2D eigenvalue weighted by molar-refractivity contribution is 5.85.